The van der Waals surface area contributed by atoms with Gasteiger partial charge in [-0.05, 0) is 51.4 Å². The summed E-state index contributed by atoms with van der Waals surface area (Å²) in [6.45, 7) is 4.90. The van der Waals surface area contributed by atoms with Gasteiger partial charge in [-0.2, -0.15) is 0 Å². The fourth-order valence-electron chi connectivity index (χ4n) is 8.93. The third kappa shape index (κ3) is 49.9. The smallest absolute Gasteiger partial charge is 0.305 e. The van der Waals surface area contributed by atoms with Gasteiger partial charge in [-0.25, -0.2) is 0 Å². The first kappa shape index (κ1) is 61.6. The highest BCUT2D eigenvalue weighted by Gasteiger charge is 2.20. The number of aliphatic hydroxyl groups excluding tert-OH is 2. The van der Waals surface area contributed by atoms with E-state index in [4.69, 9.17) is 4.74 Å². The van der Waals surface area contributed by atoms with Crippen molar-refractivity contribution >= 4 is 11.9 Å². The number of unbranched alkanes of at least 4 members (excludes halogenated alkanes) is 40. The van der Waals surface area contributed by atoms with Crippen LogP contribution >= 0.6 is 0 Å². The predicted molar refractivity (Wildman–Crippen MR) is 273 cm³/mol. The van der Waals surface area contributed by atoms with Gasteiger partial charge < -0.3 is 20.3 Å². The largest absolute Gasteiger partial charge is 0.466 e. The Balaban J connectivity index is 3.47. The standard InChI is InChI=1S/C57H111NO5/c1-3-5-7-9-11-13-15-17-19-21-22-23-25-27-31-35-39-43-47-51-57(62)63-52-48-44-40-36-32-28-30-34-38-42-46-50-56(61)58-54(53-59)55(60)49-45-41-37-33-29-26-24-20-18-16-14-12-10-8-6-4-2/h32,36,54-55,59-60H,3-31,33-35,37-53H2,1-2H3,(H,58,61)/b36-32-. The molecular weight excluding hydrogens is 779 g/mol. The summed E-state index contributed by atoms with van der Waals surface area (Å²) in [4.78, 5) is 24.5. The first-order chi connectivity index (χ1) is 31.0. The zero-order chi connectivity index (χ0) is 45.8. The van der Waals surface area contributed by atoms with Gasteiger partial charge in [-0.1, -0.05) is 264 Å². The topological polar surface area (TPSA) is 95.9 Å². The van der Waals surface area contributed by atoms with Gasteiger partial charge >= 0.3 is 5.97 Å². The Morgan fingerprint density at radius 3 is 1.13 bits per heavy atom. The van der Waals surface area contributed by atoms with E-state index >= 15 is 0 Å². The van der Waals surface area contributed by atoms with E-state index in [0.717, 1.165) is 77.0 Å². The molecule has 2 unspecified atom stereocenters. The molecule has 0 fully saturated rings. The van der Waals surface area contributed by atoms with Crippen molar-refractivity contribution < 1.29 is 24.5 Å². The highest BCUT2D eigenvalue weighted by Crippen LogP contribution is 2.17. The molecule has 0 saturated heterocycles. The molecule has 1 amide bonds. The van der Waals surface area contributed by atoms with Crippen LogP contribution in [0.3, 0.4) is 0 Å². The van der Waals surface area contributed by atoms with Crippen molar-refractivity contribution in [1.29, 1.82) is 0 Å². The third-order valence-corrected chi connectivity index (χ3v) is 13.3. The molecule has 0 aliphatic heterocycles. The zero-order valence-corrected chi connectivity index (χ0v) is 42.6. The molecule has 0 aliphatic rings. The number of aliphatic hydroxyl groups is 2. The Morgan fingerprint density at radius 2 is 0.746 bits per heavy atom. The maximum Gasteiger partial charge on any atom is 0.305 e. The predicted octanol–water partition coefficient (Wildman–Crippen LogP) is 17.3. The molecule has 0 aliphatic carbocycles. The Hall–Kier alpha value is -1.40. The number of esters is 1. The number of carbonyl (C=O) groups excluding carboxylic acids is 2. The second-order valence-corrected chi connectivity index (χ2v) is 19.6. The maximum absolute atomic E-state index is 12.5. The monoisotopic (exact) mass is 890 g/mol. The van der Waals surface area contributed by atoms with Crippen molar-refractivity contribution in [1.82, 2.24) is 5.32 Å². The van der Waals surface area contributed by atoms with Gasteiger partial charge in [-0.15, -0.1) is 0 Å². The van der Waals surface area contributed by atoms with Crippen LogP contribution in [0.4, 0.5) is 0 Å². The Bertz CT molecular complexity index is 939. The van der Waals surface area contributed by atoms with Crippen LogP contribution in [0.2, 0.25) is 0 Å². The summed E-state index contributed by atoms with van der Waals surface area (Å²) in [7, 11) is 0. The number of ether oxygens (including phenoxy) is 1. The van der Waals surface area contributed by atoms with Crippen molar-refractivity contribution in [2.45, 2.75) is 328 Å². The van der Waals surface area contributed by atoms with E-state index in [9.17, 15) is 19.8 Å². The number of rotatable bonds is 53. The molecule has 0 saturated carbocycles. The average Bonchev–Trinajstić information content (AvgIpc) is 3.28. The maximum atomic E-state index is 12.5. The SMILES string of the molecule is CCCCCCCCCCCCCCCCCCCCCC(=O)OCCCC/C=C\CCCCCCCC(=O)NC(CO)C(O)CCCCCCCCCCCCCCCCCC. The molecule has 6 nitrogen and oxygen atoms in total. The second-order valence-electron chi connectivity index (χ2n) is 19.6. The number of allylic oxidation sites excluding steroid dienone is 2. The van der Waals surface area contributed by atoms with Gasteiger partial charge in [0.2, 0.25) is 5.91 Å². The molecule has 6 heteroatoms. The lowest BCUT2D eigenvalue weighted by atomic mass is 10.0. The summed E-state index contributed by atoms with van der Waals surface area (Å²) < 4.78 is 5.46. The minimum atomic E-state index is -0.681. The first-order valence-corrected chi connectivity index (χ1v) is 28.4. The van der Waals surface area contributed by atoms with E-state index in [-0.39, 0.29) is 18.5 Å². The number of carbonyl (C=O) groups is 2. The summed E-state index contributed by atoms with van der Waals surface area (Å²) in [5.41, 5.74) is 0. The van der Waals surface area contributed by atoms with Crippen molar-refractivity contribution in [2.24, 2.45) is 0 Å². The van der Waals surface area contributed by atoms with E-state index in [1.807, 2.05) is 0 Å². The number of hydrogen-bond acceptors (Lipinski definition) is 5. The van der Waals surface area contributed by atoms with E-state index in [1.165, 1.54) is 205 Å². The summed E-state index contributed by atoms with van der Waals surface area (Å²) in [6.07, 6.45) is 62.0. The van der Waals surface area contributed by atoms with Crippen LogP contribution in [0.25, 0.3) is 0 Å². The van der Waals surface area contributed by atoms with Crippen molar-refractivity contribution in [3.63, 3.8) is 0 Å². The highest BCUT2D eigenvalue weighted by molar-refractivity contribution is 5.76. The summed E-state index contributed by atoms with van der Waals surface area (Å²) in [5.74, 6) is -0.0872. The van der Waals surface area contributed by atoms with Crippen LogP contribution in [-0.4, -0.2) is 47.4 Å². The molecule has 0 radical (unpaired) electrons. The number of nitrogens with one attached hydrogen (secondary N) is 1. The molecule has 0 aromatic carbocycles. The molecule has 374 valence electrons. The number of amides is 1. The van der Waals surface area contributed by atoms with Crippen LogP contribution in [0.15, 0.2) is 12.2 Å². The lowest BCUT2D eigenvalue weighted by Crippen LogP contribution is -2.45. The fraction of sp³-hybridized carbons (Fsp3) is 0.930. The van der Waals surface area contributed by atoms with Gasteiger partial charge in [-0.3, -0.25) is 9.59 Å². The Labute approximate surface area is 393 Å². The molecule has 2 atom stereocenters. The van der Waals surface area contributed by atoms with Gasteiger partial charge in [0.25, 0.3) is 0 Å². The van der Waals surface area contributed by atoms with E-state index in [0.29, 0.717) is 25.9 Å². The Morgan fingerprint density at radius 1 is 0.429 bits per heavy atom. The first-order valence-electron chi connectivity index (χ1n) is 28.4. The van der Waals surface area contributed by atoms with E-state index in [2.05, 4.69) is 31.3 Å². The van der Waals surface area contributed by atoms with Gasteiger partial charge in [0.1, 0.15) is 0 Å². The van der Waals surface area contributed by atoms with Crippen molar-refractivity contribution in [2.75, 3.05) is 13.2 Å². The van der Waals surface area contributed by atoms with E-state index < -0.39 is 12.1 Å². The summed E-state index contributed by atoms with van der Waals surface area (Å²) >= 11 is 0. The molecule has 0 aromatic heterocycles. The molecule has 0 spiro atoms. The highest BCUT2D eigenvalue weighted by atomic mass is 16.5. The molecule has 0 aromatic rings. The molecule has 3 N–H and O–H groups in total. The quantitative estimate of drug-likeness (QED) is 0.0321. The van der Waals surface area contributed by atoms with Gasteiger partial charge in [0, 0.05) is 12.8 Å². The lowest BCUT2D eigenvalue weighted by molar-refractivity contribution is -0.143. The molecule has 0 bridgehead atoms. The Kier molecular flexibility index (Phi) is 52.0. The molecule has 63 heavy (non-hydrogen) atoms. The van der Waals surface area contributed by atoms with E-state index in [1.54, 1.807) is 0 Å². The van der Waals surface area contributed by atoms with Crippen molar-refractivity contribution in [3.8, 4) is 0 Å². The minimum Gasteiger partial charge on any atom is -0.466 e. The second kappa shape index (κ2) is 53.2. The molecule has 0 heterocycles. The van der Waals surface area contributed by atoms with Gasteiger partial charge in [0.05, 0.1) is 25.4 Å². The summed E-state index contributed by atoms with van der Waals surface area (Å²) in [6, 6.07) is -0.561. The zero-order valence-electron chi connectivity index (χ0n) is 42.6. The average molecular weight is 891 g/mol. The van der Waals surface area contributed by atoms with Crippen LogP contribution in [0.5, 0.6) is 0 Å². The van der Waals surface area contributed by atoms with Crippen LogP contribution in [0, 0.1) is 0 Å². The van der Waals surface area contributed by atoms with Gasteiger partial charge in [0.15, 0.2) is 0 Å². The van der Waals surface area contributed by atoms with Crippen LogP contribution in [0.1, 0.15) is 316 Å². The van der Waals surface area contributed by atoms with Crippen LogP contribution in [-0.2, 0) is 14.3 Å². The summed E-state index contributed by atoms with van der Waals surface area (Å²) in [5, 5.41) is 23.2. The normalized spacial score (nSPS) is 12.6. The van der Waals surface area contributed by atoms with Crippen LogP contribution < -0.4 is 5.32 Å². The lowest BCUT2D eigenvalue weighted by Gasteiger charge is -2.22. The molecule has 0 rings (SSSR count). The fourth-order valence-corrected chi connectivity index (χ4v) is 8.93. The molecular formula is C57H111NO5. The number of hydrogen-bond donors (Lipinski definition) is 3. The minimum absolute atomic E-state index is 0.0257. The third-order valence-electron chi connectivity index (χ3n) is 13.3. The van der Waals surface area contributed by atoms with Crippen molar-refractivity contribution in [3.05, 3.63) is 12.2 Å².